The van der Waals surface area contributed by atoms with Crippen LogP contribution in [0.3, 0.4) is 0 Å². The summed E-state index contributed by atoms with van der Waals surface area (Å²) >= 11 is 0. The second-order valence-electron chi connectivity index (χ2n) is 6.99. The average Bonchev–Trinajstić information content (AvgIpc) is 2.60. The summed E-state index contributed by atoms with van der Waals surface area (Å²) < 4.78 is 5.76. The number of carbonyl (C=O) groups is 1. The van der Waals surface area contributed by atoms with Crippen LogP contribution in [0, 0.1) is 5.92 Å². The van der Waals surface area contributed by atoms with E-state index in [-0.39, 0.29) is 5.91 Å². The first kappa shape index (κ1) is 18.9. The number of carbonyl (C=O) groups excluding carboxylic acids is 1. The van der Waals surface area contributed by atoms with Crippen LogP contribution >= 0.6 is 0 Å². The van der Waals surface area contributed by atoms with Crippen molar-refractivity contribution in [1.82, 2.24) is 10.3 Å². The fourth-order valence-electron chi connectivity index (χ4n) is 2.81. The minimum atomic E-state index is -0.419. The number of rotatable bonds is 8. The van der Waals surface area contributed by atoms with Crippen molar-refractivity contribution in [1.29, 1.82) is 0 Å². The Bertz CT molecular complexity index is 688. The third-order valence-electron chi connectivity index (χ3n) is 3.95. The van der Waals surface area contributed by atoms with Gasteiger partial charge < -0.3 is 15.8 Å². The van der Waals surface area contributed by atoms with Crippen molar-refractivity contribution in [3.63, 3.8) is 0 Å². The van der Waals surface area contributed by atoms with E-state index in [1.807, 2.05) is 31.2 Å². The first-order valence-corrected chi connectivity index (χ1v) is 8.56. The van der Waals surface area contributed by atoms with Crippen molar-refractivity contribution < 1.29 is 9.53 Å². The first-order valence-electron chi connectivity index (χ1n) is 8.56. The van der Waals surface area contributed by atoms with Gasteiger partial charge in [-0.1, -0.05) is 26.0 Å². The molecule has 5 heteroatoms. The maximum atomic E-state index is 12.6. The van der Waals surface area contributed by atoms with Crippen molar-refractivity contribution in [3.8, 4) is 5.75 Å². The molecular formula is C20H27N3O2. The molecule has 0 radical (unpaired) electrons. The summed E-state index contributed by atoms with van der Waals surface area (Å²) in [7, 11) is 0. The van der Waals surface area contributed by atoms with Gasteiger partial charge in [0.1, 0.15) is 12.4 Å². The minimum Gasteiger partial charge on any atom is -0.489 e. The fraction of sp³-hybridized carbons (Fsp3) is 0.400. The van der Waals surface area contributed by atoms with Crippen molar-refractivity contribution >= 4 is 5.91 Å². The van der Waals surface area contributed by atoms with E-state index in [1.165, 1.54) is 0 Å². The van der Waals surface area contributed by atoms with Gasteiger partial charge in [-0.25, -0.2) is 0 Å². The predicted molar refractivity (Wildman–Crippen MR) is 99.4 cm³/mol. The van der Waals surface area contributed by atoms with Crippen LogP contribution in [0.1, 0.15) is 43.1 Å². The highest BCUT2D eigenvalue weighted by Crippen LogP contribution is 2.19. The van der Waals surface area contributed by atoms with Crippen LogP contribution in [-0.2, 0) is 6.61 Å². The van der Waals surface area contributed by atoms with E-state index in [1.54, 1.807) is 24.5 Å². The van der Waals surface area contributed by atoms with E-state index in [2.05, 4.69) is 24.1 Å². The van der Waals surface area contributed by atoms with Gasteiger partial charge in [0, 0.05) is 35.6 Å². The number of nitrogens with one attached hydrogen (secondary N) is 1. The topological polar surface area (TPSA) is 77.2 Å². The molecule has 0 bridgehead atoms. The van der Waals surface area contributed by atoms with E-state index in [0.717, 1.165) is 12.0 Å². The third-order valence-corrected chi connectivity index (χ3v) is 3.95. The third kappa shape index (κ3) is 5.87. The van der Waals surface area contributed by atoms with Crippen LogP contribution in [0.4, 0.5) is 0 Å². The lowest BCUT2D eigenvalue weighted by Gasteiger charge is -2.31. The highest BCUT2D eigenvalue weighted by Gasteiger charge is 2.26. The lowest BCUT2D eigenvalue weighted by Crippen LogP contribution is -2.52. The molecule has 1 aromatic heterocycles. The highest BCUT2D eigenvalue weighted by atomic mass is 16.5. The first-order chi connectivity index (χ1) is 11.9. The Balaban J connectivity index is 2.03. The molecule has 3 N–H and O–H groups in total. The van der Waals surface area contributed by atoms with Gasteiger partial charge in [-0.05, 0) is 43.5 Å². The van der Waals surface area contributed by atoms with E-state index in [0.29, 0.717) is 30.4 Å². The number of nitrogens with zero attached hydrogens (tertiary/aromatic N) is 1. The summed E-state index contributed by atoms with van der Waals surface area (Å²) in [4.78, 5) is 16.7. The summed E-state index contributed by atoms with van der Waals surface area (Å²) in [5.74, 6) is 0.957. The smallest absolute Gasteiger partial charge is 0.251 e. The van der Waals surface area contributed by atoms with Crippen molar-refractivity contribution in [2.75, 3.05) is 6.54 Å². The summed E-state index contributed by atoms with van der Waals surface area (Å²) in [6.07, 6.45) is 4.31. The van der Waals surface area contributed by atoms with E-state index in [9.17, 15) is 4.79 Å². The van der Waals surface area contributed by atoms with Crippen LogP contribution in [0.25, 0.3) is 0 Å². The molecule has 0 spiro atoms. The maximum Gasteiger partial charge on any atom is 0.251 e. The minimum absolute atomic E-state index is 0.138. The Morgan fingerprint density at radius 1 is 1.32 bits per heavy atom. The van der Waals surface area contributed by atoms with Gasteiger partial charge in [0.2, 0.25) is 0 Å². The van der Waals surface area contributed by atoms with Gasteiger partial charge in [0.25, 0.3) is 5.91 Å². The standard InChI is InChI=1S/C20H27N3O2/c1-15(2)11-20(3,14-21)23-19(24)17-7-4-8-18(10-17)25-13-16-6-5-9-22-12-16/h4-10,12,15H,11,13-14,21H2,1-3H3,(H,23,24). The second kappa shape index (κ2) is 8.62. The van der Waals surface area contributed by atoms with Crippen molar-refractivity contribution in [2.45, 2.75) is 39.3 Å². The monoisotopic (exact) mass is 341 g/mol. The molecule has 1 atom stereocenters. The summed E-state index contributed by atoms with van der Waals surface area (Å²) in [6, 6.07) is 11.0. The molecule has 1 amide bonds. The maximum absolute atomic E-state index is 12.6. The van der Waals surface area contributed by atoms with Crippen LogP contribution in [-0.4, -0.2) is 23.0 Å². The summed E-state index contributed by atoms with van der Waals surface area (Å²) in [6.45, 7) is 7.02. The zero-order chi connectivity index (χ0) is 18.3. The molecule has 134 valence electrons. The van der Waals surface area contributed by atoms with Gasteiger partial charge in [0.15, 0.2) is 0 Å². The molecule has 0 aliphatic carbocycles. The molecule has 2 aromatic rings. The number of pyridine rings is 1. The molecule has 0 aliphatic heterocycles. The molecule has 0 aliphatic rings. The van der Waals surface area contributed by atoms with Crippen LogP contribution < -0.4 is 15.8 Å². The molecule has 1 unspecified atom stereocenters. The molecule has 2 rings (SSSR count). The number of hydrogen-bond donors (Lipinski definition) is 2. The molecule has 0 fully saturated rings. The van der Waals surface area contributed by atoms with Gasteiger partial charge in [-0.15, -0.1) is 0 Å². The van der Waals surface area contributed by atoms with Crippen LogP contribution in [0.15, 0.2) is 48.8 Å². The summed E-state index contributed by atoms with van der Waals surface area (Å²) in [5, 5.41) is 3.06. The van der Waals surface area contributed by atoms with E-state index < -0.39 is 5.54 Å². The number of ether oxygens (including phenoxy) is 1. The predicted octanol–water partition coefficient (Wildman–Crippen LogP) is 3.15. The van der Waals surface area contributed by atoms with E-state index in [4.69, 9.17) is 10.5 Å². The number of amides is 1. The second-order valence-corrected chi connectivity index (χ2v) is 6.99. The van der Waals surface area contributed by atoms with Crippen LogP contribution in [0.5, 0.6) is 5.75 Å². The Hall–Kier alpha value is -2.40. The molecule has 1 aromatic carbocycles. The van der Waals surface area contributed by atoms with Gasteiger partial charge in [0.05, 0.1) is 0 Å². The Kier molecular flexibility index (Phi) is 6.53. The van der Waals surface area contributed by atoms with Gasteiger partial charge in [-0.2, -0.15) is 0 Å². The van der Waals surface area contributed by atoms with E-state index >= 15 is 0 Å². The SMILES string of the molecule is CC(C)CC(C)(CN)NC(=O)c1cccc(OCc2cccnc2)c1. The number of nitrogens with two attached hydrogens (primary N) is 1. The normalized spacial score (nSPS) is 13.3. The highest BCUT2D eigenvalue weighted by molar-refractivity contribution is 5.95. The van der Waals surface area contributed by atoms with Crippen LogP contribution in [0.2, 0.25) is 0 Å². The Morgan fingerprint density at radius 2 is 2.12 bits per heavy atom. The summed E-state index contributed by atoms with van der Waals surface area (Å²) in [5.41, 5.74) is 7.00. The zero-order valence-electron chi connectivity index (χ0n) is 15.2. The number of hydrogen-bond acceptors (Lipinski definition) is 4. The molecule has 1 heterocycles. The number of benzene rings is 1. The van der Waals surface area contributed by atoms with Gasteiger partial charge >= 0.3 is 0 Å². The lowest BCUT2D eigenvalue weighted by atomic mass is 9.90. The lowest BCUT2D eigenvalue weighted by molar-refractivity contribution is 0.0897. The fourth-order valence-corrected chi connectivity index (χ4v) is 2.81. The average molecular weight is 341 g/mol. The molecule has 0 saturated heterocycles. The molecular weight excluding hydrogens is 314 g/mol. The molecule has 25 heavy (non-hydrogen) atoms. The van der Waals surface area contributed by atoms with Crippen molar-refractivity contribution in [3.05, 3.63) is 59.9 Å². The Morgan fingerprint density at radius 3 is 2.76 bits per heavy atom. The van der Waals surface area contributed by atoms with Gasteiger partial charge in [-0.3, -0.25) is 9.78 Å². The molecule has 0 saturated carbocycles. The Labute approximate surface area is 149 Å². The number of aromatic nitrogens is 1. The largest absolute Gasteiger partial charge is 0.489 e. The quantitative estimate of drug-likeness (QED) is 0.773. The zero-order valence-corrected chi connectivity index (χ0v) is 15.2. The molecule has 5 nitrogen and oxygen atoms in total. The van der Waals surface area contributed by atoms with Crippen molar-refractivity contribution in [2.24, 2.45) is 11.7 Å².